The Kier molecular flexibility index (Phi) is 4.11. The summed E-state index contributed by atoms with van der Waals surface area (Å²) < 4.78 is 0. The van der Waals surface area contributed by atoms with Crippen molar-refractivity contribution < 1.29 is 4.79 Å². The van der Waals surface area contributed by atoms with Gasteiger partial charge in [-0.05, 0) is 29.8 Å². The van der Waals surface area contributed by atoms with Crippen molar-refractivity contribution >= 4 is 28.3 Å². The Labute approximate surface area is 155 Å². The number of amides is 1. The highest BCUT2D eigenvalue weighted by molar-refractivity contribution is 5.93. The van der Waals surface area contributed by atoms with Crippen LogP contribution in [0.1, 0.15) is 6.92 Å². The van der Waals surface area contributed by atoms with Crippen molar-refractivity contribution in [3.63, 3.8) is 0 Å². The second-order valence-corrected chi connectivity index (χ2v) is 6.09. The molecule has 0 fully saturated rings. The van der Waals surface area contributed by atoms with Gasteiger partial charge in [0.15, 0.2) is 11.3 Å². The quantitative estimate of drug-likeness (QED) is 0.520. The SMILES string of the molecule is [C-]#[N+]c1ccc(-c2[nH]nc3nc(-c4cccc(NC(C)=O)c4)ccc23)cc1. The van der Waals surface area contributed by atoms with E-state index >= 15 is 0 Å². The molecule has 1 amide bonds. The summed E-state index contributed by atoms with van der Waals surface area (Å²) in [6, 6.07) is 18.8. The van der Waals surface area contributed by atoms with Gasteiger partial charge in [-0.3, -0.25) is 9.89 Å². The van der Waals surface area contributed by atoms with Gasteiger partial charge in [-0.1, -0.05) is 36.4 Å². The average molecular weight is 353 g/mol. The zero-order chi connectivity index (χ0) is 18.8. The molecular weight excluding hydrogens is 338 g/mol. The van der Waals surface area contributed by atoms with E-state index in [1.165, 1.54) is 6.92 Å². The number of aromatic nitrogens is 3. The number of carbonyl (C=O) groups is 1. The molecule has 0 atom stereocenters. The molecule has 0 aliphatic heterocycles. The third kappa shape index (κ3) is 3.26. The molecule has 4 rings (SSSR count). The second kappa shape index (κ2) is 6.73. The molecule has 0 saturated heterocycles. The van der Waals surface area contributed by atoms with Crippen LogP contribution in [0.25, 0.3) is 38.4 Å². The van der Waals surface area contributed by atoms with Gasteiger partial charge in [-0.15, -0.1) is 0 Å². The molecule has 27 heavy (non-hydrogen) atoms. The number of carbonyl (C=O) groups excluding carboxylic acids is 1. The molecule has 2 N–H and O–H groups in total. The summed E-state index contributed by atoms with van der Waals surface area (Å²) in [4.78, 5) is 19.3. The lowest BCUT2D eigenvalue weighted by atomic mass is 10.1. The molecule has 0 unspecified atom stereocenters. The molecule has 2 aromatic carbocycles. The minimum atomic E-state index is -0.114. The number of hydrogen-bond acceptors (Lipinski definition) is 3. The summed E-state index contributed by atoms with van der Waals surface area (Å²) in [5.74, 6) is -0.114. The first-order valence-electron chi connectivity index (χ1n) is 8.35. The van der Waals surface area contributed by atoms with Crippen LogP contribution in [0.5, 0.6) is 0 Å². The van der Waals surface area contributed by atoms with Crippen molar-refractivity contribution in [3.8, 4) is 22.5 Å². The number of benzene rings is 2. The summed E-state index contributed by atoms with van der Waals surface area (Å²) >= 11 is 0. The molecule has 0 aliphatic rings. The molecule has 130 valence electrons. The van der Waals surface area contributed by atoms with Crippen molar-refractivity contribution in [2.75, 3.05) is 5.32 Å². The van der Waals surface area contributed by atoms with E-state index in [9.17, 15) is 4.79 Å². The number of nitrogens with one attached hydrogen (secondary N) is 2. The van der Waals surface area contributed by atoms with Gasteiger partial charge in [0.1, 0.15) is 0 Å². The van der Waals surface area contributed by atoms with Crippen LogP contribution < -0.4 is 5.32 Å². The summed E-state index contributed by atoms with van der Waals surface area (Å²) in [5, 5.41) is 11.1. The third-order valence-electron chi connectivity index (χ3n) is 4.18. The maximum absolute atomic E-state index is 11.3. The van der Waals surface area contributed by atoms with Crippen molar-refractivity contribution in [1.82, 2.24) is 15.2 Å². The molecule has 2 heterocycles. The molecule has 0 aliphatic carbocycles. The fourth-order valence-electron chi connectivity index (χ4n) is 2.94. The van der Waals surface area contributed by atoms with E-state index in [2.05, 4.69) is 25.3 Å². The lowest BCUT2D eigenvalue weighted by molar-refractivity contribution is -0.114. The molecule has 0 saturated carbocycles. The molecule has 0 bridgehead atoms. The zero-order valence-corrected chi connectivity index (χ0v) is 14.5. The fourth-order valence-corrected chi connectivity index (χ4v) is 2.94. The first-order valence-corrected chi connectivity index (χ1v) is 8.35. The monoisotopic (exact) mass is 353 g/mol. The van der Waals surface area contributed by atoms with Crippen LogP contribution in [-0.4, -0.2) is 21.1 Å². The first kappa shape index (κ1) is 16.5. The number of fused-ring (bicyclic) bond motifs is 1. The predicted octanol–water partition coefficient (Wildman–Crippen LogP) is 4.80. The van der Waals surface area contributed by atoms with Crippen LogP contribution >= 0.6 is 0 Å². The van der Waals surface area contributed by atoms with Gasteiger partial charge in [0.25, 0.3) is 0 Å². The van der Waals surface area contributed by atoms with E-state index in [4.69, 9.17) is 6.57 Å². The molecule has 4 aromatic rings. The molecular formula is C21H15N5O. The van der Waals surface area contributed by atoms with Crippen LogP contribution in [-0.2, 0) is 4.79 Å². The van der Waals surface area contributed by atoms with Crippen LogP contribution in [0.2, 0.25) is 0 Å². The highest BCUT2D eigenvalue weighted by atomic mass is 16.1. The minimum Gasteiger partial charge on any atom is -0.326 e. The van der Waals surface area contributed by atoms with E-state index in [-0.39, 0.29) is 5.91 Å². The first-order chi connectivity index (χ1) is 13.1. The van der Waals surface area contributed by atoms with Gasteiger partial charge in [0, 0.05) is 23.6 Å². The number of pyridine rings is 1. The second-order valence-electron chi connectivity index (χ2n) is 6.09. The van der Waals surface area contributed by atoms with Gasteiger partial charge in [-0.2, -0.15) is 5.10 Å². The molecule has 6 heteroatoms. The van der Waals surface area contributed by atoms with Crippen LogP contribution in [0.3, 0.4) is 0 Å². The Bertz CT molecular complexity index is 1190. The number of nitrogens with zero attached hydrogens (tertiary/aromatic N) is 3. The smallest absolute Gasteiger partial charge is 0.221 e. The third-order valence-corrected chi connectivity index (χ3v) is 4.18. The van der Waals surface area contributed by atoms with Crippen molar-refractivity contribution in [1.29, 1.82) is 0 Å². The summed E-state index contributed by atoms with van der Waals surface area (Å²) in [6.45, 7) is 8.53. The normalized spacial score (nSPS) is 10.5. The van der Waals surface area contributed by atoms with Gasteiger partial charge in [0.05, 0.1) is 18.0 Å². The van der Waals surface area contributed by atoms with Crippen molar-refractivity contribution in [2.45, 2.75) is 6.92 Å². The Hall–Kier alpha value is -3.98. The van der Waals surface area contributed by atoms with E-state index in [0.717, 1.165) is 33.6 Å². The van der Waals surface area contributed by atoms with Gasteiger partial charge in [0.2, 0.25) is 5.91 Å². The fraction of sp³-hybridized carbons (Fsp3) is 0.0476. The summed E-state index contributed by atoms with van der Waals surface area (Å²) in [7, 11) is 0. The highest BCUT2D eigenvalue weighted by Gasteiger charge is 2.11. The Morgan fingerprint density at radius 2 is 1.89 bits per heavy atom. The van der Waals surface area contributed by atoms with E-state index in [0.29, 0.717) is 11.3 Å². The Morgan fingerprint density at radius 3 is 2.63 bits per heavy atom. The zero-order valence-electron chi connectivity index (χ0n) is 14.5. The van der Waals surface area contributed by atoms with Gasteiger partial charge < -0.3 is 5.32 Å². The standard InChI is InChI=1S/C21H15N5O/c1-13(27)23-17-5-3-4-15(12-17)19-11-10-18-20(25-26-21(18)24-19)14-6-8-16(22-2)9-7-14/h3-12H,1H3,(H,23,27)(H,24,25,26). The number of aromatic amines is 1. The summed E-state index contributed by atoms with van der Waals surface area (Å²) in [6.07, 6.45) is 0. The topological polar surface area (TPSA) is 75.0 Å². The number of hydrogen-bond donors (Lipinski definition) is 2. The van der Waals surface area contributed by atoms with Gasteiger partial charge >= 0.3 is 0 Å². The Morgan fingerprint density at radius 1 is 1.07 bits per heavy atom. The lowest BCUT2D eigenvalue weighted by Gasteiger charge is -2.05. The maximum Gasteiger partial charge on any atom is 0.221 e. The minimum absolute atomic E-state index is 0.114. The van der Waals surface area contributed by atoms with Crippen molar-refractivity contribution in [2.24, 2.45) is 0 Å². The van der Waals surface area contributed by atoms with E-state index in [1.807, 2.05) is 48.5 Å². The largest absolute Gasteiger partial charge is 0.326 e. The Balaban J connectivity index is 1.72. The molecule has 0 radical (unpaired) electrons. The highest BCUT2D eigenvalue weighted by Crippen LogP contribution is 2.29. The van der Waals surface area contributed by atoms with Crippen LogP contribution in [0.15, 0.2) is 60.7 Å². The molecule has 2 aromatic heterocycles. The number of anilines is 1. The summed E-state index contributed by atoms with van der Waals surface area (Å²) in [5.41, 5.74) is 5.43. The number of rotatable bonds is 3. The number of H-pyrrole nitrogens is 1. The maximum atomic E-state index is 11.3. The molecule has 0 spiro atoms. The average Bonchev–Trinajstić information content (AvgIpc) is 3.11. The van der Waals surface area contributed by atoms with Crippen molar-refractivity contribution in [3.05, 3.63) is 72.1 Å². The van der Waals surface area contributed by atoms with E-state index in [1.54, 1.807) is 12.1 Å². The van der Waals surface area contributed by atoms with Crippen LogP contribution in [0.4, 0.5) is 11.4 Å². The van der Waals surface area contributed by atoms with Crippen LogP contribution in [0, 0.1) is 6.57 Å². The predicted molar refractivity (Wildman–Crippen MR) is 105 cm³/mol. The molecule has 6 nitrogen and oxygen atoms in total. The van der Waals surface area contributed by atoms with Gasteiger partial charge in [-0.25, -0.2) is 9.83 Å². The lowest BCUT2D eigenvalue weighted by Crippen LogP contribution is -2.05. The van der Waals surface area contributed by atoms with E-state index < -0.39 is 0 Å².